The number of nitrogens with one attached hydrogen (secondary N) is 1. The Bertz CT molecular complexity index is 1260. The van der Waals surface area contributed by atoms with Gasteiger partial charge >= 0.3 is 0 Å². The maximum atomic E-state index is 12.6. The van der Waals surface area contributed by atoms with Gasteiger partial charge in [-0.05, 0) is 67.4 Å². The fraction of sp³-hybridized carbons (Fsp3) is 0.185. The highest BCUT2D eigenvalue weighted by Gasteiger charge is 2.15. The molecule has 0 spiro atoms. The molecule has 1 amide bonds. The molecule has 0 saturated carbocycles. The van der Waals surface area contributed by atoms with Crippen molar-refractivity contribution in [2.24, 2.45) is 0 Å². The van der Waals surface area contributed by atoms with Gasteiger partial charge < -0.3 is 24.3 Å². The van der Waals surface area contributed by atoms with Gasteiger partial charge in [0.1, 0.15) is 18.2 Å². The molecular formula is C27H24N2O5. The van der Waals surface area contributed by atoms with Crippen molar-refractivity contribution >= 4 is 17.7 Å². The summed E-state index contributed by atoms with van der Waals surface area (Å²) in [4.78, 5) is 12.6. The number of benzene rings is 3. The van der Waals surface area contributed by atoms with Crippen LogP contribution in [0.5, 0.6) is 23.0 Å². The van der Waals surface area contributed by atoms with Gasteiger partial charge in [-0.3, -0.25) is 4.79 Å². The van der Waals surface area contributed by atoms with Crippen LogP contribution in [0.25, 0.3) is 6.08 Å². The first-order valence-corrected chi connectivity index (χ1v) is 10.8. The van der Waals surface area contributed by atoms with Gasteiger partial charge in [-0.2, -0.15) is 5.26 Å². The molecule has 3 aromatic rings. The smallest absolute Gasteiger partial charge is 0.266 e. The number of amides is 1. The molecule has 0 aromatic heterocycles. The fourth-order valence-electron chi connectivity index (χ4n) is 3.34. The summed E-state index contributed by atoms with van der Waals surface area (Å²) in [5, 5.41) is 12.3. The van der Waals surface area contributed by atoms with Crippen LogP contribution in [0.3, 0.4) is 0 Å². The molecule has 0 radical (unpaired) electrons. The lowest BCUT2D eigenvalue weighted by molar-refractivity contribution is -0.112. The monoisotopic (exact) mass is 456 g/mol. The van der Waals surface area contributed by atoms with Crippen molar-refractivity contribution in [1.82, 2.24) is 0 Å². The third kappa shape index (κ3) is 5.48. The zero-order valence-electron chi connectivity index (χ0n) is 19.0. The predicted octanol–water partition coefficient (Wildman–Crippen LogP) is 5.25. The maximum absolute atomic E-state index is 12.6. The highest BCUT2D eigenvalue weighted by atomic mass is 16.7. The number of ether oxygens (including phenoxy) is 4. The van der Waals surface area contributed by atoms with E-state index >= 15 is 0 Å². The SMILES string of the molecule is CCOc1cc(/C=C(/C#N)C(=O)Nc2ccc(C)cc2)ccc1OCc1ccc2c(c1)OCO2. The van der Waals surface area contributed by atoms with Gasteiger partial charge in [0.25, 0.3) is 5.91 Å². The Kier molecular flexibility index (Phi) is 6.99. The lowest BCUT2D eigenvalue weighted by atomic mass is 10.1. The molecule has 1 heterocycles. The van der Waals surface area contributed by atoms with Gasteiger partial charge in [0.2, 0.25) is 6.79 Å². The number of fused-ring (bicyclic) bond motifs is 1. The van der Waals surface area contributed by atoms with Crippen molar-refractivity contribution in [2.75, 3.05) is 18.7 Å². The van der Waals surface area contributed by atoms with Gasteiger partial charge in [-0.1, -0.05) is 29.8 Å². The maximum Gasteiger partial charge on any atom is 0.266 e. The van der Waals surface area contributed by atoms with Crippen LogP contribution in [0.1, 0.15) is 23.6 Å². The van der Waals surface area contributed by atoms with Crippen LogP contribution >= 0.6 is 0 Å². The van der Waals surface area contributed by atoms with Gasteiger partial charge in [-0.15, -0.1) is 0 Å². The Morgan fingerprint density at radius 2 is 1.82 bits per heavy atom. The summed E-state index contributed by atoms with van der Waals surface area (Å²) in [6.07, 6.45) is 1.52. The Labute approximate surface area is 198 Å². The number of aryl methyl sites for hydroxylation is 1. The second-order valence-electron chi connectivity index (χ2n) is 7.61. The molecule has 0 atom stereocenters. The van der Waals surface area contributed by atoms with Crippen LogP contribution in [-0.2, 0) is 11.4 Å². The summed E-state index contributed by atoms with van der Waals surface area (Å²) < 4.78 is 22.5. The third-order valence-corrected chi connectivity index (χ3v) is 5.08. The van der Waals surface area contributed by atoms with E-state index in [2.05, 4.69) is 5.32 Å². The number of carbonyl (C=O) groups is 1. The van der Waals surface area contributed by atoms with Crippen LogP contribution in [0, 0.1) is 18.3 Å². The predicted molar refractivity (Wildman–Crippen MR) is 128 cm³/mol. The lowest BCUT2D eigenvalue weighted by Crippen LogP contribution is -2.13. The molecule has 1 N–H and O–H groups in total. The summed E-state index contributed by atoms with van der Waals surface area (Å²) in [6.45, 7) is 4.81. The van der Waals surface area contributed by atoms with Gasteiger partial charge in [0.15, 0.2) is 23.0 Å². The zero-order valence-corrected chi connectivity index (χ0v) is 19.0. The van der Waals surface area contributed by atoms with Crippen molar-refractivity contribution in [3.63, 3.8) is 0 Å². The van der Waals surface area contributed by atoms with Crippen LogP contribution in [0.4, 0.5) is 5.69 Å². The van der Waals surface area contributed by atoms with E-state index in [-0.39, 0.29) is 12.4 Å². The molecule has 7 nitrogen and oxygen atoms in total. The number of nitrogens with zero attached hydrogens (tertiary/aromatic N) is 1. The first-order chi connectivity index (χ1) is 16.6. The number of hydrogen-bond donors (Lipinski definition) is 1. The first-order valence-electron chi connectivity index (χ1n) is 10.8. The van der Waals surface area contributed by atoms with E-state index in [0.717, 1.165) is 16.9 Å². The summed E-state index contributed by atoms with van der Waals surface area (Å²) in [5.41, 5.74) is 3.26. The second-order valence-corrected chi connectivity index (χ2v) is 7.61. The highest BCUT2D eigenvalue weighted by molar-refractivity contribution is 6.09. The zero-order chi connectivity index (χ0) is 23.9. The van der Waals surface area contributed by atoms with Crippen LogP contribution in [-0.4, -0.2) is 19.3 Å². The molecule has 1 aliphatic rings. The molecule has 1 aliphatic heterocycles. The molecule has 0 saturated heterocycles. The molecule has 3 aromatic carbocycles. The molecule has 7 heteroatoms. The van der Waals surface area contributed by atoms with E-state index in [1.54, 1.807) is 30.3 Å². The third-order valence-electron chi connectivity index (χ3n) is 5.08. The average Bonchev–Trinajstić information content (AvgIpc) is 3.31. The molecule has 172 valence electrons. The number of nitriles is 1. The highest BCUT2D eigenvalue weighted by Crippen LogP contribution is 2.34. The fourth-order valence-corrected chi connectivity index (χ4v) is 3.34. The van der Waals surface area contributed by atoms with Crippen molar-refractivity contribution in [2.45, 2.75) is 20.5 Å². The molecule has 0 unspecified atom stereocenters. The Morgan fingerprint density at radius 1 is 1.03 bits per heavy atom. The van der Waals surface area contributed by atoms with Gasteiger partial charge in [0, 0.05) is 5.69 Å². The molecule has 34 heavy (non-hydrogen) atoms. The second kappa shape index (κ2) is 10.5. The van der Waals surface area contributed by atoms with Crippen molar-refractivity contribution < 1.29 is 23.7 Å². The van der Waals surface area contributed by atoms with E-state index < -0.39 is 5.91 Å². The van der Waals surface area contributed by atoms with E-state index in [1.165, 1.54) is 6.08 Å². The largest absolute Gasteiger partial charge is 0.490 e. The van der Waals surface area contributed by atoms with Crippen LogP contribution in [0.2, 0.25) is 0 Å². The topological polar surface area (TPSA) is 89.8 Å². The van der Waals surface area contributed by atoms with Crippen LogP contribution in [0.15, 0.2) is 66.2 Å². The molecule has 0 aliphatic carbocycles. The summed E-state index contributed by atoms with van der Waals surface area (Å²) in [7, 11) is 0. The molecule has 0 fully saturated rings. The normalized spacial score (nSPS) is 12.1. The quantitative estimate of drug-likeness (QED) is 0.368. The van der Waals surface area contributed by atoms with E-state index in [9.17, 15) is 10.1 Å². The van der Waals surface area contributed by atoms with Crippen molar-refractivity contribution in [3.05, 3.63) is 82.9 Å². The summed E-state index contributed by atoms with van der Waals surface area (Å²) in [5.74, 6) is 2.01. The number of carbonyl (C=O) groups excluding carboxylic acids is 1. The first kappa shape index (κ1) is 22.7. The minimum Gasteiger partial charge on any atom is -0.490 e. The summed E-state index contributed by atoms with van der Waals surface area (Å²) >= 11 is 0. The van der Waals surface area contributed by atoms with Crippen LogP contribution < -0.4 is 24.3 Å². The molecule has 4 rings (SSSR count). The molecule has 0 bridgehead atoms. The Morgan fingerprint density at radius 3 is 2.59 bits per heavy atom. The average molecular weight is 456 g/mol. The van der Waals surface area contributed by atoms with Crippen molar-refractivity contribution in [3.8, 4) is 29.1 Å². The molecular weight excluding hydrogens is 432 g/mol. The summed E-state index contributed by atoms with van der Waals surface area (Å²) in [6, 6.07) is 20.3. The van der Waals surface area contributed by atoms with Gasteiger partial charge in [-0.25, -0.2) is 0 Å². The van der Waals surface area contributed by atoms with Gasteiger partial charge in [0.05, 0.1) is 6.61 Å². The Balaban J connectivity index is 1.49. The lowest BCUT2D eigenvalue weighted by Gasteiger charge is -2.13. The minimum atomic E-state index is -0.479. The standard InChI is InChI=1S/C27H24N2O5/c1-3-31-25-13-19(12-21(15-28)27(30)29-22-8-4-18(2)5-9-22)6-10-23(25)32-16-20-7-11-24-26(14-20)34-17-33-24/h4-14H,3,16-17H2,1-2H3,(H,29,30)/b21-12-. The van der Waals surface area contributed by atoms with E-state index in [4.69, 9.17) is 18.9 Å². The van der Waals surface area contributed by atoms with E-state index in [0.29, 0.717) is 41.7 Å². The number of hydrogen-bond acceptors (Lipinski definition) is 6. The van der Waals surface area contributed by atoms with Crippen molar-refractivity contribution in [1.29, 1.82) is 5.26 Å². The number of rotatable bonds is 8. The Hall–Kier alpha value is -4.44. The number of anilines is 1. The minimum absolute atomic E-state index is 0.0166. The van der Waals surface area contributed by atoms with E-state index in [1.807, 2.05) is 50.2 Å².